The second-order valence-electron chi connectivity index (χ2n) is 4.99. The number of aromatic amines is 1. The highest BCUT2D eigenvalue weighted by atomic mass is 35.5. The molecule has 0 atom stereocenters. The first kappa shape index (κ1) is 17.2. The highest BCUT2D eigenvalue weighted by molar-refractivity contribution is 7.71. The zero-order chi connectivity index (χ0) is 17.6. The third-order valence-corrected chi connectivity index (χ3v) is 3.87. The molecule has 3 aromatic rings. The van der Waals surface area contributed by atoms with E-state index in [4.69, 9.17) is 33.3 Å². The monoisotopic (exact) mass is 374 g/mol. The average Bonchev–Trinajstić information content (AvgIpc) is 2.99. The van der Waals surface area contributed by atoms with Crippen molar-refractivity contribution in [3.63, 3.8) is 0 Å². The van der Waals surface area contributed by atoms with E-state index in [9.17, 15) is 0 Å². The lowest BCUT2D eigenvalue weighted by atomic mass is 10.2. The molecule has 0 amide bonds. The number of ether oxygens (including phenoxy) is 2. The van der Waals surface area contributed by atoms with Crippen molar-refractivity contribution in [3.05, 3.63) is 69.7 Å². The van der Waals surface area contributed by atoms with Crippen molar-refractivity contribution in [2.75, 3.05) is 7.11 Å². The topological polar surface area (TPSA) is 64.4 Å². The largest absolute Gasteiger partial charge is 0.496 e. The van der Waals surface area contributed by atoms with E-state index < -0.39 is 0 Å². The first-order chi connectivity index (χ1) is 12.2. The summed E-state index contributed by atoms with van der Waals surface area (Å²) in [7, 11) is 1.61. The van der Waals surface area contributed by atoms with Gasteiger partial charge in [-0.05, 0) is 48.6 Å². The molecule has 0 aliphatic rings. The van der Waals surface area contributed by atoms with Gasteiger partial charge in [-0.2, -0.15) is 14.9 Å². The Morgan fingerprint density at radius 3 is 2.76 bits per heavy atom. The van der Waals surface area contributed by atoms with Crippen LogP contribution >= 0.6 is 23.8 Å². The Morgan fingerprint density at radius 1 is 1.24 bits per heavy atom. The van der Waals surface area contributed by atoms with Gasteiger partial charge in [0.05, 0.1) is 13.3 Å². The maximum Gasteiger partial charge on any atom is 0.216 e. The van der Waals surface area contributed by atoms with Crippen LogP contribution in [-0.4, -0.2) is 28.2 Å². The van der Waals surface area contributed by atoms with Gasteiger partial charge >= 0.3 is 0 Å². The summed E-state index contributed by atoms with van der Waals surface area (Å²) in [6.45, 7) is 0.206. The summed E-state index contributed by atoms with van der Waals surface area (Å²) in [6, 6.07) is 14.6. The van der Waals surface area contributed by atoms with Gasteiger partial charge in [-0.3, -0.25) is 0 Å². The molecule has 0 unspecified atom stereocenters. The van der Waals surface area contributed by atoms with E-state index in [1.165, 1.54) is 4.68 Å². The molecule has 0 saturated heterocycles. The zero-order valence-corrected chi connectivity index (χ0v) is 14.9. The normalized spacial score (nSPS) is 11.0. The number of rotatable bonds is 6. The third kappa shape index (κ3) is 4.26. The number of hydrogen-bond donors (Lipinski definition) is 1. The highest BCUT2D eigenvalue weighted by Crippen LogP contribution is 2.17. The number of methoxy groups -OCH3 is 1. The Balaban J connectivity index is 1.78. The van der Waals surface area contributed by atoms with Gasteiger partial charge in [0.2, 0.25) is 4.77 Å². The molecule has 0 aliphatic heterocycles. The molecule has 25 heavy (non-hydrogen) atoms. The summed E-state index contributed by atoms with van der Waals surface area (Å²) >= 11 is 11.1. The van der Waals surface area contributed by atoms with E-state index in [0.717, 1.165) is 11.3 Å². The molecular weight excluding hydrogens is 360 g/mol. The van der Waals surface area contributed by atoms with Gasteiger partial charge in [0.1, 0.15) is 18.1 Å². The highest BCUT2D eigenvalue weighted by Gasteiger charge is 2.07. The van der Waals surface area contributed by atoms with Crippen LogP contribution in [0.5, 0.6) is 11.5 Å². The predicted octanol–water partition coefficient (Wildman–Crippen LogP) is 4.06. The summed E-state index contributed by atoms with van der Waals surface area (Å²) in [6.07, 6.45) is 1.66. The molecule has 128 valence electrons. The molecule has 3 rings (SSSR count). The second kappa shape index (κ2) is 7.96. The summed E-state index contributed by atoms with van der Waals surface area (Å²) in [5, 5.41) is 11.9. The number of nitrogens with one attached hydrogen (secondary N) is 1. The lowest BCUT2D eigenvalue weighted by Crippen LogP contribution is -2.04. The van der Waals surface area contributed by atoms with Crippen molar-refractivity contribution in [1.82, 2.24) is 14.9 Å². The van der Waals surface area contributed by atoms with Crippen molar-refractivity contribution in [1.29, 1.82) is 0 Å². The summed E-state index contributed by atoms with van der Waals surface area (Å²) in [5.41, 5.74) is 0.831. The van der Waals surface area contributed by atoms with E-state index in [-0.39, 0.29) is 6.61 Å². The van der Waals surface area contributed by atoms with Crippen LogP contribution in [0.3, 0.4) is 0 Å². The Morgan fingerprint density at radius 2 is 2.00 bits per heavy atom. The zero-order valence-electron chi connectivity index (χ0n) is 13.3. The number of H-pyrrole nitrogens is 1. The molecule has 6 nitrogen and oxygen atoms in total. The lowest BCUT2D eigenvalue weighted by Gasteiger charge is -2.06. The van der Waals surface area contributed by atoms with E-state index in [0.29, 0.717) is 21.4 Å². The number of benzene rings is 2. The molecule has 0 saturated carbocycles. The van der Waals surface area contributed by atoms with Gasteiger partial charge in [0.25, 0.3) is 0 Å². The van der Waals surface area contributed by atoms with E-state index >= 15 is 0 Å². The van der Waals surface area contributed by atoms with Crippen molar-refractivity contribution in [2.45, 2.75) is 6.61 Å². The van der Waals surface area contributed by atoms with Crippen molar-refractivity contribution in [2.24, 2.45) is 5.10 Å². The lowest BCUT2D eigenvalue weighted by molar-refractivity contribution is 0.290. The number of para-hydroxylation sites is 1. The van der Waals surface area contributed by atoms with Crippen LogP contribution in [0, 0.1) is 4.77 Å². The minimum Gasteiger partial charge on any atom is -0.496 e. The average molecular weight is 375 g/mol. The standard InChI is InChI=1S/C17H15ClN4O2S/c1-23-15-5-3-2-4-12(15)10-19-22-16(20-21-17(22)25)11-24-14-8-6-13(18)7-9-14/h2-10H,11H2,1H3,(H,21,25)/b19-10-. The van der Waals surface area contributed by atoms with Gasteiger partial charge in [-0.1, -0.05) is 23.7 Å². The Hall–Kier alpha value is -2.64. The molecule has 2 aromatic carbocycles. The first-order valence-electron chi connectivity index (χ1n) is 7.39. The smallest absolute Gasteiger partial charge is 0.216 e. The quantitative estimate of drug-likeness (QED) is 0.522. The molecule has 0 spiro atoms. The molecule has 1 N–H and O–H groups in total. The Bertz CT molecular complexity index is 934. The van der Waals surface area contributed by atoms with Gasteiger partial charge in [0, 0.05) is 10.6 Å². The van der Waals surface area contributed by atoms with Gasteiger partial charge in [0.15, 0.2) is 5.82 Å². The fraction of sp³-hybridized carbons (Fsp3) is 0.118. The van der Waals surface area contributed by atoms with Crippen LogP contribution in [0.15, 0.2) is 53.6 Å². The summed E-state index contributed by atoms with van der Waals surface area (Å²) < 4.78 is 12.9. The van der Waals surface area contributed by atoms with E-state index in [1.54, 1.807) is 37.6 Å². The van der Waals surface area contributed by atoms with Gasteiger partial charge in [-0.15, -0.1) is 0 Å². The molecule has 0 fully saturated rings. The number of nitrogens with zero attached hydrogens (tertiary/aromatic N) is 3. The van der Waals surface area contributed by atoms with Crippen LogP contribution in [0.4, 0.5) is 0 Å². The fourth-order valence-electron chi connectivity index (χ4n) is 2.11. The van der Waals surface area contributed by atoms with Gasteiger partial charge in [-0.25, -0.2) is 5.10 Å². The predicted molar refractivity (Wildman–Crippen MR) is 99.2 cm³/mol. The van der Waals surface area contributed by atoms with Crippen molar-refractivity contribution < 1.29 is 9.47 Å². The number of halogens is 1. The molecule has 0 aliphatic carbocycles. The molecule has 1 heterocycles. The van der Waals surface area contributed by atoms with Crippen LogP contribution in [0.2, 0.25) is 5.02 Å². The first-order valence-corrected chi connectivity index (χ1v) is 8.18. The Labute approximate surface area is 154 Å². The minimum absolute atomic E-state index is 0.206. The maximum absolute atomic E-state index is 5.86. The van der Waals surface area contributed by atoms with Gasteiger partial charge < -0.3 is 9.47 Å². The fourth-order valence-corrected chi connectivity index (χ4v) is 2.43. The summed E-state index contributed by atoms with van der Waals surface area (Å²) in [4.78, 5) is 0. The van der Waals surface area contributed by atoms with E-state index in [2.05, 4.69) is 15.3 Å². The van der Waals surface area contributed by atoms with Crippen molar-refractivity contribution in [3.8, 4) is 11.5 Å². The molecular formula is C17H15ClN4O2S. The second-order valence-corrected chi connectivity index (χ2v) is 5.81. The molecule has 0 bridgehead atoms. The molecule has 0 radical (unpaired) electrons. The number of hydrogen-bond acceptors (Lipinski definition) is 5. The Kier molecular flexibility index (Phi) is 5.47. The van der Waals surface area contributed by atoms with Crippen molar-refractivity contribution >= 4 is 30.0 Å². The minimum atomic E-state index is 0.206. The number of aromatic nitrogens is 3. The third-order valence-electron chi connectivity index (χ3n) is 3.35. The maximum atomic E-state index is 5.86. The SMILES string of the molecule is COc1ccccc1/C=N\n1c(COc2ccc(Cl)cc2)n[nH]c1=S. The van der Waals surface area contributed by atoms with Crippen LogP contribution < -0.4 is 9.47 Å². The van der Waals surface area contributed by atoms with Crippen LogP contribution in [0.1, 0.15) is 11.4 Å². The molecule has 8 heteroatoms. The summed E-state index contributed by atoms with van der Waals surface area (Å²) in [5.74, 6) is 1.95. The van der Waals surface area contributed by atoms with Crippen LogP contribution in [0.25, 0.3) is 0 Å². The van der Waals surface area contributed by atoms with E-state index in [1.807, 2.05) is 24.3 Å². The van der Waals surface area contributed by atoms with Crippen LogP contribution in [-0.2, 0) is 6.61 Å². The molecule has 1 aromatic heterocycles.